The maximum atomic E-state index is 12.7. The first-order chi connectivity index (χ1) is 7.53. The van der Waals surface area contributed by atoms with E-state index in [0.717, 1.165) is 24.9 Å². The molecule has 0 aliphatic carbocycles. The van der Waals surface area contributed by atoms with Crippen LogP contribution in [-0.2, 0) is 6.42 Å². The lowest BCUT2D eigenvalue weighted by Gasteiger charge is -2.25. The van der Waals surface area contributed by atoms with Crippen LogP contribution in [0.3, 0.4) is 0 Å². The van der Waals surface area contributed by atoms with Gasteiger partial charge >= 0.3 is 0 Å². The molecule has 0 amide bonds. The summed E-state index contributed by atoms with van der Waals surface area (Å²) >= 11 is 0. The Labute approximate surface area is 97.0 Å². The summed E-state index contributed by atoms with van der Waals surface area (Å²) in [5.74, 6) is -0.180. The molecular formula is C13H21FN2. The number of nitrogens with two attached hydrogens (primary N) is 1. The van der Waals surface area contributed by atoms with Crippen molar-refractivity contribution in [2.45, 2.75) is 32.2 Å². The Bertz CT molecular complexity index is 306. The molecule has 0 bridgehead atoms. The van der Waals surface area contributed by atoms with Crippen LogP contribution in [0.2, 0.25) is 0 Å². The van der Waals surface area contributed by atoms with Gasteiger partial charge in [-0.1, -0.05) is 12.1 Å². The predicted molar refractivity (Wildman–Crippen MR) is 65.9 cm³/mol. The summed E-state index contributed by atoms with van der Waals surface area (Å²) in [6.45, 7) is 5.87. The molecule has 0 fully saturated rings. The molecule has 0 heterocycles. The van der Waals surface area contributed by atoms with E-state index in [1.54, 1.807) is 0 Å². The van der Waals surface area contributed by atoms with Gasteiger partial charge < -0.3 is 11.1 Å². The first-order valence-corrected chi connectivity index (χ1v) is 5.73. The Morgan fingerprint density at radius 2 is 1.88 bits per heavy atom. The summed E-state index contributed by atoms with van der Waals surface area (Å²) in [4.78, 5) is 0. The van der Waals surface area contributed by atoms with Crippen LogP contribution in [0.25, 0.3) is 0 Å². The third kappa shape index (κ3) is 4.73. The molecular weight excluding hydrogens is 203 g/mol. The maximum Gasteiger partial charge on any atom is 0.123 e. The van der Waals surface area contributed by atoms with Crippen LogP contribution in [0, 0.1) is 5.82 Å². The van der Waals surface area contributed by atoms with E-state index >= 15 is 0 Å². The highest BCUT2D eigenvalue weighted by molar-refractivity contribution is 5.16. The molecule has 0 saturated carbocycles. The molecule has 90 valence electrons. The monoisotopic (exact) mass is 224 g/mol. The Hall–Kier alpha value is -0.930. The Morgan fingerprint density at radius 1 is 1.25 bits per heavy atom. The van der Waals surface area contributed by atoms with Gasteiger partial charge in [-0.15, -0.1) is 0 Å². The fraction of sp³-hybridized carbons (Fsp3) is 0.538. The molecule has 0 unspecified atom stereocenters. The fourth-order valence-electron chi connectivity index (χ4n) is 1.65. The highest BCUT2D eigenvalue weighted by Crippen LogP contribution is 2.07. The van der Waals surface area contributed by atoms with Crippen molar-refractivity contribution in [3.63, 3.8) is 0 Å². The summed E-state index contributed by atoms with van der Waals surface area (Å²) in [6.07, 6.45) is 1.87. The molecule has 1 rings (SSSR count). The minimum atomic E-state index is -0.180. The topological polar surface area (TPSA) is 38.0 Å². The van der Waals surface area contributed by atoms with E-state index in [1.165, 1.54) is 12.1 Å². The second-order valence-electron chi connectivity index (χ2n) is 4.73. The Balaban J connectivity index is 2.32. The van der Waals surface area contributed by atoms with Gasteiger partial charge in [-0.2, -0.15) is 0 Å². The zero-order valence-electron chi connectivity index (χ0n) is 10.1. The zero-order chi connectivity index (χ0) is 12.0. The van der Waals surface area contributed by atoms with Crippen molar-refractivity contribution in [2.75, 3.05) is 13.1 Å². The van der Waals surface area contributed by atoms with Gasteiger partial charge in [-0.25, -0.2) is 4.39 Å². The van der Waals surface area contributed by atoms with Gasteiger partial charge in [0.25, 0.3) is 0 Å². The molecule has 3 heteroatoms. The first-order valence-electron chi connectivity index (χ1n) is 5.73. The Kier molecular flexibility index (Phi) is 4.90. The standard InChI is InChI=1S/C13H21FN2/c1-13(2,8-9-15)16-10-7-11-3-5-12(14)6-4-11/h3-6,16H,7-10,15H2,1-2H3. The molecule has 0 radical (unpaired) electrons. The normalized spacial score (nSPS) is 11.8. The molecule has 3 N–H and O–H groups in total. The summed E-state index contributed by atoms with van der Waals surface area (Å²) in [5, 5.41) is 3.45. The van der Waals surface area contributed by atoms with Gasteiger partial charge in [0.1, 0.15) is 5.82 Å². The lowest BCUT2D eigenvalue weighted by atomic mass is 10.0. The molecule has 1 aromatic carbocycles. The minimum absolute atomic E-state index is 0.0782. The molecule has 0 aromatic heterocycles. The number of rotatable bonds is 6. The van der Waals surface area contributed by atoms with Crippen LogP contribution in [0.1, 0.15) is 25.8 Å². The second kappa shape index (κ2) is 5.97. The molecule has 0 atom stereocenters. The van der Waals surface area contributed by atoms with Gasteiger partial charge in [-0.05, 0) is 57.5 Å². The van der Waals surface area contributed by atoms with E-state index in [0.29, 0.717) is 6.54 Å². The van der Waals surface area contributed by atoms with Gasteiger partial charge in [-0.3, -0.25) is 0 Å². The van der Waals surface area contributed by atoms with E-state index in [-0.39, 0.29) is 11.4 Å². The van der Waals surface area contributed by atoms with Crippen LogP contribution in [0.4, 0.5) is 4.39 Å². The predicted octanol–water partition coefficient (Wildman–Crippen LogP) is 2.09. The van der Waals surface area contributed by atoms with Crippen molar-refractivity contribution < 1.29 is 4.39 Å². The van der Waals surface area contributed by atoms with Gasteiger partial charge in [0.2, 0.25) is 0 Å². The van der Waals surface area contributed by atoms with Gasteiger partial charge in [0, 0.05) is 5.54 Å². The van der Waals surface area contributed by atoms with Crippen molar-refractivity contribution in [1.82, 2.24) is 5.32 Å². The molecule has 1 aromatic rings. The molecule has 0 spiro atoms. The second-order valence-corrected chi connectivity index (χ2v) is 4.73. The van der Waals surface area contributed by atoms with Crippen molar-refractivity contribution in [1.29, 1.82) is 0 Å². The van der Waals surface area contributed by atoms with Crippen LogP contribution in [0.5, 0.6) is 0 Å². The lowest BCUT2D eigenvalue weighted by molar-refractivity contribution is 0.370. The van der Waals surface area contributed by atoms with Crippen molar-refractivity contribution in [3.8, 4) is 0 Å². The SMILES string of the molecule is CC(C)(CCN)NCCc1ccc(F)cc1. The maximum absolute atomic E-state index is 12.7. The van der Waals surface area contributed by atoms with E-state index in [1.807, 2.05) is 12.1 Å². The highest BCUT2D eigenvalue weighted by Gasteiger charge is 2.14. The van der Waals surface area contributed by atoms with Crippen LogP contribution >= 0.6 is 0 Å². The number of hydrogen-bond acceptors (Lipinski definition) is 2. The quantitative estimate of drug-likeness (QED) is 0.776. The number of nitrogens with one attached hydrogen (secondary N) is 1. The van der Waals surface area contributed by atoms with Crippen molar-refractivity contribution >= 4 is 0 Å². The molecule has 16 heavy (non-hydrogen) atoms. The molecule has 0 aliphatic heterocycles. The van der Waals surface area contributed by atoms with Gasteiger partial charge in [0.15, 0.2) is 0 Å². The number of hydrogen-bond donors (Lipinski definition) is 2. The average molecular weight is 224 g/mol. The van der Waals surface area contributed by atoms with Crippen molar-refractivity contribution in [2.24, 2.45) is 5.73 Å². The third-order valence-electron chi connectivity index (χ3n) is 2.70. The minimum Gasteiger partial charge on any atom is -0.330 e. The summed E-state index contributed by atoms with van der Waals surface area (Å²) < 4.78 is 12.7. The summed E-state index contributed by atoms with van der Waals surface area (Å²) in [7, 11) is 0. The molecule has 2 nitrogen and oxygen atoms in total. The summed E-state index contributed by atoms with van der Waals surface area (Å²) in [5.41, 5.74) is 6.76. The smallest absolute Gasteiger partial charge is 0.123 e. The summed E-state index contributed by atoms with van der Waals surface area (Å²) in [6, 6.07) is 6.65. The van der Waals surface area contributed by atoms with Crippen LogP contribution < -0.4 is 11.1 Å². The average Bonchev–Trinajstić information content (AvgIpc) is 2.20. The Morgan fingerprint density at radius 3 is 2.44 bits per heavy atom. The van der Waals surface area contributed by atoms with E-state index in [2.05, 4.69) is 19.2 Å². The lowest BCUT2D eigenvalue weighted by Crippen LogP contribution is -2.41. The van der Waals surface area contributed by atoms with Crippen LogP contribution in [0.15, 0.2) is 24.3 Å². The van der Waals surface area contributed by atoms with Crippen molar-refractivity contribution in [3.05, 3.63) is 35.6 Å². The third-order valence-corrected chi connectivity index (χ3v) is 2.70. The van der Waals surface area contributed by atoms with E-state index in [9.17, 15) is 4.39 Å². The zero-order valence-corrected chi connectivity index (χ0v) is 10.1. The van der Waals surface area contributed by atoms with Gasteiger partial charge in [0.05, 0.1) is 0 Å². The van der Waals surface area contributed by atoms with E-state index < -0.39 is 0 Å². The fourth-order valence-corrected chi connectivity index (χ4v) is 1.65. The molecule has 0 aliphatic rings. The first kappa shape index (κ1) is 13.1. The number of halogens is 1. The largest absolute Gasteiger partial charge is 0.330 e. The highest BCUT2D eigenvalue weighted by atomic mass is 19.1. The molecule has 0 saturated heterocycles. The number of benzene rings is 1. The van der Waals surface area contributed by atoms with Crippen LogP contribution in [-0.4, -0.2) is 18.6 Å². The van der Waals surface area contributed by atoms with E-state index in [4.69, 9.17) is 5.73 Å².